The summed E-state index contributed by atoms with van der Waals surface area (Å²) in [5.41, 5.74) is 6.90. The molecule has 3 heterocycles. The largest absolute Gasteiger partial charge is 0.475 e. The summed E-state index contributed by atoms with van der Waals surface area (Å²) in [6.07, 6.45) is 9.98. The van der Waals surface area contributed by atoms with E-state index in [1.807, 2.05) is 0 Å². The minimum absolute atomic E-state index is 0.0963. The van der Waals surface area contributed by atoms with Crippen LogP contribution in [0.15, 0.2) is 57.1 Å². The zero-order valence-electron chi connectivity index (χ0n) is 20.8. The first kappa shape index (κ1) is 23.6. The maximum Gasteiger partial charge on any atom is 0.372 e. The Kier molecular flexibility index (Phi) is 5.89. The van der Waals surface area contributed by atoms with Gasteiger partial charge in [0, 0.05) is 42.3 Å². The Morgan fingerprint density at radius 2 is 1.68 bits per heavy atom. The Hall–Kier alpha value is -3.81. The van der Waals surface area contributed by atoms with Gasteiger partial charge in [-0.25, -0.2) is 4.79 Å². The molecular weight excluding hydrogens is 468 g/mol. The molecule has 0 radical (unpaired) electrons. The average Bonchev–Trinajstić information content (AvgIpc) is 3.50. The number of aromatic carboxylic acids is 1. The van der Waals surface area contributed by atoms with Crippen molar-refractivity contribution < 1.29 is 23.8 Å². The lowest BCUT2D eigenvalue weighted by Crippen LogP contribution is -2.38. The number of carbonyl (C=O) groups is 1. The zero-order chi connectivity index (χ0) is 25.6. The molecule has 1 atom stereocenters. The number of fused-ring (bicyclic) bond motifs is 2. The van der Waals surface area contributed by atoms with E-state index in [1.165, 1.54) is 6.26 Å². The summed E-state index contributed by atoms with van der Waals surface area (Å²) in [4.78, 5) is 21.2. The summed E-state index contributed by atoms with van der Waals surface area (Å²) in [5.74, 6) is -1.51. The SMILES string of the molecule is Cc1ccc2c(c1)C=Cc1cc(C)ccc1C2C1(c2coc(C(=O)O)c2CC2N=CCC=N2)COCO1. The smallest absolute Gasteiger partial charge is 0.372 e. The minimum atomic E-state index is -1.13. The number of hydrogen-bond acceptors (Lipinski definition) is 6. The molecule has 0 spiro atoms. The van der Waals surface area contributed by atoms with Crippen LogP contribution in [-0.4, -0.2) is 43.1 Å². The highest BCUT2D eigenvalue weighted by atomic mass is 16.7. The van der Waals surface area contributed by atoms with Crippen LogP contribution in [0.5, 0.6) is 0 Å². The number of carboxylic acids is 1. The highest BCUT2D eigenvalue weighted by molar-refractivity contribution is 5.87. The van der Waals surface area contributed by atoms with Gasteiger partial charge in [-0.2, -0.15) is 0 Å². The number of carboxylic acid groups (broad SMARTS) is 1. The van der Waals surface area contributed by atoms with Crippen LogP contribution in [0.25, 0.3) is 12.2 Å². The van der Waals surface area contributed by atoms with Crippen LogP contribution < -0.4 is 0 Å². The molecule has 3 aliphatic rings. The van der Waals surface area contributed by atoms with Gasteiger partial charge in [0.25, 0.3) is 0 Å². The monoisotopic (exact) mass is 496 g/mol. The molecular formula is C30H28N2O5. The third-order valence-electron chi connectivity index (χ3n) is 7.43. The van der Waals surface area contributed by atoms with Crippen molar-refractivity contribution in [1.29, 1.82) is 0 Å². The molecule has 2 aromatic carbocycles. The number of hydrogen-bond donors (Lipinski definition) is 1. The van der Waals surface area contributed by atoms with E-state index in [4.69, 9.17) is 13.9 Å². The summed E-state index contributed by atoms with van der Waals surface area (Å²) in [6.45, 7) is 4.50. The maximum atomic E-state index is 12.2. The van der Waals surface area contributed by atoms with E-state index >= 15 is 0 Å². The average molecular weight is 497 g/mol. The molecule has 188 valence electrons. The lowest BCUT2D eigenvalue weighted by molar-refractivity contribution is -0.0226. The van der Waals surface area contributed by atoms with Crippen molar-refractivity contribution in [3.05, 3.63) is 92.9 Å². The number of nitrogens with zero attached hydrogens (tertiary/aromatic N) is 2. The molecule has 1 N–H and O–H groups in total. The van der Waals surface area contributed by atoms with Crippen LogP contribution in [-0.2, 0) is 21.5 Å². The van der Waals surface area contributed by atoms with Gasteiger partial charge in [-0.15, -0.1) is 0 Å². The highest BCUT2D eigenvalue weighted by Crippen LogP contribution is 2.52. The van der Waals surface area contributed by atoms with Crippen LogP contribution in [0.1, 0.15) is 67.4 Å². The number of benzene rings is 2. The Labute approximate surface area is 215 Å². The fourth-order valence-electron chi connectivity index (χ4n) is 5.77. The van der Waals surface area contributed by atoms with E-state index < -0.39 is 17.7 Å². The molecule has 6 rings (SSSR count). The van der Waals surface area contributed by atoms with Gasteiger partial charge in [-0.1, -0.05) is 59.7 Å². The summed E-state index contributed by atoms with van der Waals surface area (Å²) in [5, 5.41) is 10.0. The second-order valence-electron chi connectivity index (χ2n) is 9.88. The Bertz CT molecular complexity index is 1390. The second kappa shape index (κ2) is 9.25. The van der Waals surface area contributed by atoms with Gasteiger partial charge in [-0.3, -0.25) is 9.98 Å². The van der Waals surface area contributed by atoms with Gasteiger partial charge >= 0.3 is 5.97 Å². The summed E-state index contributed by atoms with van der Waals surface area (Å²) in [7, 11) is 0. The maximum absolute atomic E-state index is 12.2. The van der Waals surface area contributed by atoms with Crippen molar-refractivity contribution in [3.8, 4) is 0 Å². The van der Waals surface area contributed by atoms with Gasteiger partial charge in [-0.05, 0) is 36.1 Å². The van der Waals surface area contributed by atoms with Gasteiger partial charge in [0.05, 0.1) is 12.9 Å². The predicted octanol–water partition coefficient (Wildman–Crippen LogP) is 5.52. The van der Waals surface area contributed by atoms with Crippen molar-refractivity contribution in [3.63, 3.8) is 0 Å². The molecule has 1 saturated heterocycles. The van der Waals surface area contributed by atoms with E-state index in [2.05, 4.69) is 72.4 Å². The molecule has 1 unspecified atom stereocenters. The number of furan rings is 1. The molecule has 7 nitrogen and oxygen atoms in total. The molecule has 0 bridgehead atoms. The lowest BCUT2D eigenvalue weighted by Gasteiger charge is -2.37. The Morgan fingerprint density at radius 3 is 2.24 bits per heavy atom. The Balaban J connectivity index is 1.59. The van der Waals surface area contributed by atoms with Crippen LogP contribution in [0.2, 0.25) is 0 Å². The zero-order valence-corrected chi connectivity index (χ0v) is 20.8. The van der Waals surface area contributed by atoms with Crippen LogP contribution in [0.4, 0.5) is 0 Å². The van der Waals surface area contributed by atoms with Crippen LogP contribution in [0, 0.1) is 13.8 Å². The molecule has 1 fully saturated rings. The summed E-state index contributed by atoms with van der Waals surface area (Å²) >= 11 is 0. The minimum Gasteiger partial charge on any atom is -0.475 e. The second-order valence-corrected chi connectivity index (χ2v) is 9.88. The molecule has 0 saturated carbocycles. The number of ether oxygens (including phenoxy) is 2. The van der Waals surface area contributed by atoms with E-state index in [1.54, 1.807) is 12.4 Å². The van der Waals surface area contributed by atoms with Crippen molar-refractivity contribution in [2.45, 2.75) is 44.4 Å². The van der Waals surface area contributed by atoms with Gasteiger partial charge in [0.2, 0.25) is 5.76 Å². The van der Waals surface area contributed by atoms with Crippen molar-refractivity contribution in [1.82, 2.24) is 0 Å². The quantitative estimate of drug-likeness (QED) is 0.502. The van der Waals surface area contributed by atoms with E-state index in [-0.39, 0.29) is 31.5 Å². The van der Waals surface area contributed by atoms with Crippen molar-refractivity contribution in [2.24, 2.45) is 9.98 Å². The standard InChI is InChI=1S/C30H28N2O5/c1-18-4-8-22-20(12-18)6-7-21-13-19(2)5-9-23(21)27(22)30(16-35-17-37-30)25-15-36-28(29(33)34)24(25)14-26-31-10-3-11-32-26/h4-13,15,26-27H,3,14,16-17H2,1-2H3,(H,33,34). The molecule has 0 amide bonds. The first-order valence-corrected chi connectivity index (χ1v) is 12.4. The first-order valence-electron chi connectivity index (χ1n) is 12.4. The van der Waals surface area contributed by atoms with E-state index in [0.717, 1.165) is 33.4 Å². The Morgan fingerprint density at radius 1 is 1.03 bits per heavy atom. The molecule has 2 aliphatic heterocycles. The fraction of sp³-hybridized carbons (Fsp3) is 0.300. The summed E-state index contributed by atoms with van der Waals surface area (Å²) < 4.78 is 18.2. The third kappa shape index (κ3) is 4.04. The van der Waals surface area contributed by atoms with Crippen LogP contribution >= 0.6 is 0 Å². The first-order chi connectivity index (χ1) is 18.0. The molecule has 37 heavy (non-hydrogen) atoms. The fourth-order valence-corrected chi connectivity index (χ4v) is 5.77. The number of rotatable bonds is 5. The normalized spacial score (nSPS) is 21.1. The molecule has 7 heteroatoms. The number of aryl methyl sites for hydroxylation is 2. The predicted molar refractivity (Wildman–Crippen MR) is 141 cm³/mol. The number of aliphatic imine (C=N–C) groups is 2. The molecule has 3 aromatic rings. The highest BCUT2D eigenvalue weighted by Gasteiger charge is 2.51. The van der Waals surface area contributed by atoms with Gasteiger partial charge in [0.15, 0.2) is 0 Å². The molecule has 1 aromatic heterocycles. The topological polar surface area (TPSA) is 93.6 Å². The lowest BCUT2D eigenvalue weighted by atomic mass is 9.71. The van der Waals surface area contributed by atoms with Crippen molar-refractivity contribution in [2.75, 3.05) is 13.4 Å². The van der Waals surface area contributed by atoms with E-state index in [0.29, 0.717) is 17.5 Å². The van der Waals surface area contributed by atoms with E-state index in [9.17, 15) is 9.90 Å². The van der Waals surface area contributed by atoms with Crippen LogP contribution in [0.3, 0.4) is 0 Å². The third-order valence-corrected chi connectivity index (χ3v) is 7.43. The summed E-state index contributed by atoms with van der Waals surface area (Å²) in [6, 6.07) is 12.8. The van der Waals surface area contributed by atoms with Crippen molar-refractivity contribution >= 4 is 30.6 Å². The van der Waals surface area contributed by atoms with Gasteiger partial charge < -0.3 is 19.0 Å². The molecule has 1 aliphatic carbocycles. The van der Waals surface area contributed by atoms with Gasteiger partial charge in [0.1, 0.15) is 18.6 Å².